The molecule has 1 amide bonds. The van der Waals surface area contributed by atoms with Crippen molar-refractivity contribution in [1.82, 2.24) is 20.0 Å². The number of hydrogen-bond acceptors (Lipinski definition) is 5. The number of nitrogens with zero attached hydrogens (tertiary/aromatic N) is 4. The third-order valence-electron chi connectivity index (χ3n) is 3.39. The van der Waals surface area contributed by atoms with E-state index in [2.05, 4.69) is 20.6 Å². The summed E-state index contributed by atoms with van der Waals surface area (Å²) in [6, 6.07) is 8.14. The highest BCUT2D eigenvalue weighted by Gasteiger charge is 2.16. The van der Waals surface area contributed by atoms with Gasteiger partial charge in [-0.2, -0.15) is 5.10 Å². The summed E-state index contributed by atoms with van der Waals surface area (Å²) in [5.74, 6) is 0.0792. The van der Waals surface area contributed by atoms with E-state index in [0.29, 0.717) is 18.0 Å². The molecule has 0 radical (unpaired) electrons. The highest BCUT2D eigenvalue weighted by molar-refractivity contribution is 6.02. The Kier molecular flexibility index (Phi) is 3.92. The Labute approximate surface area is 133 Å². The van der Waals surface area contributed by atoms with Gasteiger partial charge in [0, 0.05) is 18.8 Å². The zero-order valence-corrected chi connectivity index (χ0v) is 13.2. The van der Waals surface area contributed by atoms with Gasteiger partial charge in [-0.05, 0) is 19.4 Å². The number of carbonyl (C=O) groups excluding carboxylic acids is 1. The Hall–Kier alpha value is -2.96. The Bertz CT molecular complexity index is 833. The Morgan fingerprint density at radius 1 is 1.22 bits per heavy atom. The van der Waals surface area contributed by atoms with Gasteiger partial charge in [0.15, 0.2) is 5.69 Å². The number of aryl methyl sites for hydroxylation is 3. The molecule has 0 fully saturated rings. The van der Waals surface area contributed by atoms with Crippen LogP contribution in [0.3, 0.4) is 0 Å². The van der Waals surface area contributed by atoms with Crippen LogP contribution >= 0.6 is 0 Å². The van der Waals surface area contributed by atoms with Crippen LogP contribution in [0, 0.1) is 13.8 Å². The van der Waals surface area contributed by atoms with Gasteiger partial charge in [0.05, 0.1) is 6.42 Å². The van der Waals surface area contributed by atoms with Gasteiger partial charge in [-0.25, -0.2) is 0 Å². The molecular weight excluding hydrogens is 294 g/mol. The van der Waals surface area contributed by atoms with E-state index in [9.17, 15) is 4.79 Å². The molecular formula is C16H17N5O2. The lowest BCUT2D eigenvalue weighted by Gasteiger charge is -1.99. The highest BCUT2D eigenvalue weighted by Crippen LogP contribution is 2.13. The van der Waals surface area contributed by atoms with Crippen LogP contribution in [-0.2, 0) is 13.5 Å². The van der Waals surface area contributed by atoms with Gasteiger partial charge in [-0.3, -0.25) is 14.8 Å². The molecule has 3 rings (SSSR count). The molecule has 3 aromatic rings. The second kappa shape index (κ2) is 6.04. The van der Waals surface area contributed by atoms with Crippen LogP contribution in [0.15, 0.2) is 34.9 Å². The first-order valence-electron chi connectivity index (χ1n) is 7.21. The zero-order valence-electron chi connectivity index (χ0n) is 13.2. The molecule has 0 aliphatic heterocycles. The first-order chi connectivity index (χ1) is 11.0. The smallest absolute Gasteiger partial charge is 0.322 e. The van der Waals surface area contributed by atoms with Gasteiger partial charge in [-0.15, -0.1) is 5.10 Å². The molecule has 1 aromatic carbocycles. The monoisotopic (exact) mass is 311 g/mol. The molecule has 0 bridgehead atoms. The summed E-state index contributed by atoms with van der Waals surface area (Å²) in [5, 5.41) is 14.5. The fourth-order valence-corrected chi connectivity index (χ4v) is 2.24. The minimum absolute atomic E-state index is 0.0714. The Morgan fingerprint density at radius 3 is 2.61 bits per heavy atom. The minimum atomic E-state index is -0.367. The first kappa shape index (κ1) is 15.0. The molecule has 7 nitrogen and oxygen atoms in total. The van der Waals surface area contributed by atoms with Crippen molar-refractivity contribution in [2.24, 2.45) is 7.05 Å². The molecule has 118 valence electrons. The zero-order chi connectivity index (χ0) is 16.4. The van der Waals surface area contributed by atoms with E-state index >= 15 is 0 Å². The van der Waals surface area contributed by atoms with Crippen molar-refractivity contribution < 1.29 is 9.21 Å². The van der Waals surface area contributed by atoms with Crippen molar-refractivity contribution in [2.75, 3.05) is 5.32 Å². The number of aromatic nitrogens is 4. The van der Waals surface area contributed by atoms with E-state index in [0.717, 1.165) is 11.1 Å². The average molecular weight is 311 g/mol. The summed E-state index contributed by atoms with van der Waals surface area (Å²) in [7, 11) is 1.76. The van der Waals surface area contributed by atoms with E-state index < -0.39 is 0 Å². The lowest BCUT2D eigenvalue weighted by molar-refractivity contribution is 0.101. The maximum Gasteiger partial charge on any atom is 0.322 e. The molecule has 0 atom stereocenters. The van der Waals surface area contributed by atoms with Crippen LogP contribution in [0.2, 0.25) is 0 Å². The van der Waals surface area contributed by atoms with Gasteiger partial charge >= 0.3 is 6.01 Å². The molecule has 2 heterocycles. The average Bonchev–Trinajstić information content (AvgIpc) is 3.07. The normalized spacial score (nSPS) is 10.7. The summed E-state index contributed by atoms with van der Waals surface area (Å²) in [4.78, 5) is 12.1. The Balaban J connectivity index is 1.68. The van der Waals surface area contributed by atoms with E-state index in [4.69, 9.17) is 4.42 Å². The maximum atomic E-state index is 12.1. The number of rotatable bonds is 4. The lowest BCUT2D eigenvalue weighted by Crippen LogP contribution is -2.14. The minimum Gasteiger partial charge on any atom is -0.407 e. The van der Waals surface area contributed by atoms with Gasteiger partial charge in [0.25, 0.3) is 5.91 Å². The van der Waals surface area contributed by atoms with Gasteiger partial charge < -0.3 is 4.42 Å². The molecule has 2 aromatic heterocycles. The van der Waals surface area contributed by atoms with Crippen LogP contribution in [0.25, 0.3) is 0 Å². The fraction of sp³-hybridized carbons (Fsp3) is 0.250. The highest BCUT2D eigenvalue weighted by atomic mass is 16.4. The van der Waals surface area contributed by atoms with E-state index in [1.807, 2.05) is 38.1 Å². The predicted molar refractivity (Wildman–Crippen MR) is 84.2 cm³/mol. The van der Waals surface area contributed by atoms with Crippen LogP contribution in [-0.4, -0.2) is 25.9 Å². The van der Waals surface area contributed by atoms with Crippen molar-refractivity contribution in [2.45, 2.75) is 20.3 Å². The molecule has 0 saturated heterocycles. The number of anilines is 1. The Morgan fingerprint density at radius 2 is 1.96 bits per heavy atom. The lowest BCUT2D eigenvalue weighted by atomic mass is 10.1. The summed E-state index contributed by atoms with van der Waals surface area (Å²) < 4.78 is 7.05. The fourth-order valence-electron chi connectivity index (χ4n) is 2.24. The second-order valence-corrected chi connectivity index (χ2v) is 5.45. The van der Waals surface area contributed by atoms with Crippen molar-refractivity contribution in [3.8, 4) is 0 Å². The summed E-state index contributed by atoms with van der Waals surface area (Å²) in [6.07, 6.45) is 2.29. The SMILES string of the molecule is Cc1ccc(Cc2nnc(NC(=O)c3nn(C)cc3C)o2)cc1. The first-order valence-corrected chi connectivity index (χ1v) is 7.21. The molecule has 0 unspecified atom stereocenters. The molecule has 23 heavy (non-hydrogen) atoms. The molecule has 0 saturated carbocycles. The third-order valence-corrected chi connectivity index (χ3v) is 3.39. The quantitative estimate of drug-likeness (QED) is 0.798. The van der Waals surface area contributed by atoms with Gasteiger partial charge in [0.1, 0.15) is 0 Å². The van der Waals surface area contributed by atoms with Crippen LogP contribution in [0.1, 0.15) is 33.1 Å². The van der Waals surface area contributed by atoms with E-state index in [1.54, 1.807) is 17.9 Å². The topological polar surface area (TPSA) is 85.8 Å². The van der Waals surface area contributed by atoms with Crippen molar-refractivity contribution in [1.29, 1.82) is 0 Å². The molecule has 0 aliphatic carbocycles. The number of carbonyl (C=O) groups is 1. The summed E-state index contributed by atoms with van der Waals surface area (Å²) in [5.41, 5.74) is 3.38. The number of nitrogens with one attached hydrogen (secondary N) is 1. The standard InChI is InChI=1S/C16H17N5O2/c1-10-4-6-12(7-5-10)8-13-18-19-16(23-13)17-15(22)14-11(2)9-21(3)20-14/h4-7,9H,8H2,1-3H3,(H,17,19,22). The summed E-state index contributed by atoms with van der Waals surface area (Å²) >= 11 is 0. The molecule has 0 spiro atoms. The van der Waals surface area contributed by atoms with Gasteiger partial charge in [0.2, 0.25) is 5.89 Å². The maximum absolute atomic E-state index is 12.1. The van der Waals surface area contributed by atoms with Crippen LogP contribution < -0.4 is 5.32 Å². The van der Waals surface area contributed by atoms with Crippen LogP contribution in [0.5, 0.6) is 0 Å². The van der Waals surface area contributed by atoms with E-state index in [-0.39, 0.29) is 11.9 Å². The van der Waals surface area contributed by atoms with Crippen molar-refractivity contribution in [3.05, 3.63) is 58.7 Å². The van der Waals surface area contributed by atoms with Crippen LogP contribution in [0.4, 0.5) is 6.01 Å². The summed E-state index contributed by atoms with van der Waals surface area (Å²) in [6.45, 7) is 3.85. The predicted octanol–water partition coefficient (Wildman–Crippen LogP) is 2.26. The third kappa shape index (κ3) is 3.45. The number of benzene rings is 1. The second-order valence-electron chi connectivity index (χ2n) is 5.45. The van der Waals surface area contributed by atoms with Gasteiger partial charge in [-0.1, -0.05) is 34.9 Å². The molecule has 0 aliphatic rings. The number of amides is 1. The van der Waals surface area contributed by atoms with E-state index in [1.165, 1.54) is 5.56 Å². The number of hydrogen-bond donors (Lipinski definition) is 1. The van der Waals surface area contributed by atoms with Crippen molar-refractivity contribution in [3.63, 3.8) is 0 Å². The molecule has 7 heteroatoms. The van der Waals surface area contributed by atoms with Crippen molar-refractivity contribution >= 4 is 11.9 Å². The largest absolute Gasteiger partial charge is 0.407 e. The molecule has 1 N–H and O–H groups in total.